The van der Waals surface area contributed by atoms with Crippen molar-refractivity contribution in [3.8, 4) is 11.4 Å². The summed E-state index contributed by atoms with van der Waals surface area (Å²) in [6.45, 7) is 6.86. The molecule has 6 heteroatoms. The van der Waals surface area contributed by atoms with Gasteiger partial charge in [0.25, 0.3) is 5.91 Å². The molecule has 1 aromatic heterocycles. The molecule has 0 bridgehead atoms. The molecule has 118 valence electrons. The number of hydrogen-bond acceptors (Lipinski definition) is 3. The zero-order chi connectivity index (χ0) is 16.1. The number of aromatic nitrogens is 2. The SMILES string of the molecule is CCOc1cn(-c2ccc(F)cc2)nc1C(=O)NCC(C)C. The molecule has 0 spiro atoms. The van der Waals surface area contributed by atoms with Crippen molar-refractivity contribution in [2.75, 3.05) is 13.2 Å². The molecule has 22 heavy (non-hydrogen) atoms. The largest absolute Gasteiger partial charge is 0.490 e. The number of hydrogen-bond donors (Lipinski definition) is 1. The highest BCUT2D eigenvalue weighted by Gasteiger charge is 2.18. The molecule has 0 saturated heterocycles. The van der Waals surface area contributed by atoms with Crippen molar-refractivity contribution in [1.82, 2.24) is 15.1 Å². The van der Waals surface area contributed by atoms with E-state index in [9.17, 15) is 9.18 Å². The third kappa shape index (κ3) is 3.84. The topological polar surface area (TPSA) is 56.2 Å². The van der Waals surface area contributed by atoms with E-state index in [2.05, 4.69) is 10.4 Å². The minimum Gasteiger partial charge on any atom is -0.490 e. The number of rotatable bonds is 6. The molecule has 0 radical (unpaired) electrons. The molecule has 2 aromatic rings. The Hall–Kier alpha value is -2.37. The van der Waals surface area contributed by atoms with Crippen LogP contribution in [0.1, 0.15) is 31.3 Å². The van der Waals surface area contributed by atoms with Crippen LogP contribution in [-0.4, -0.2) is 28.8 Å². The number of benzene rings is 1. The van der Waals surface area contributed by atoms with Crippen LogP contribution in [0.3, 0.4) is 0 Å². The van der Waals surface area contributed by atoms with Crippen LogP contribution in [-0.2, 0) is 0 Å². The van der Waals surface area contributed by atoms with Crippen molar-refractivity contribution in [2.24, 2.45) is 5.92 Å². The molecule has 0 unspecified atom stereocenters. The molecular formula is C16H20FN3O2. The van der Waals surface area contributed by atoms with Gasteiger partial charge in [0, 0.05) is 6.54 Å². The first kappa shape index (κ1) is 16.0. The quantitative estimate of drug-likeness (QED) is 0.893. The lowest BCUT2D eigenvalue weighted by Crippen LogP contribution is -2.28. The van der Waals surface area contributed by atoms with Gasteiger partial charge in [-0.05, 0) is 37.1 Å². The number of halogens is 1. The standard InChI is InChI=1S/C16H20FN3O2/c1-4-22-14-10-20(13-7-5-12(17)6-8-13)19-15(14)16(21)18-9-11(2)3/h5-8,10-11H,4,9H2,1-3H3,(H,18,21). The number of nitrogens with zero attached hydrogens (tertiary/aromatic N) is 2. The molecule has 2 rings (SSSR count). The third-order valence-electron chi connectivity index (χ3n) is 2.96. The summed E-state index contributed by atoms with van der Waals surface area (Å²) in [5.74, 6) is 0.153. The van der Waals surface area contributed by atoms with E-state index < -0.39 is 0 Å². The van der Waals surface area contributed by atoms with Gasteiger partial charge >= 0.3 is 0 Å². The molecule has 0 fully saturated rings. The lowest BCUT2D eigenvalue weighted by atomic mass is 10.2. The monoisotopic (exact) mass is 305 g/mol. The molecule has 5 nitrogen and oxygen atoms in total. The first-order valence-corrected chi connectivity index (χ1v) is 7.27. The smallest absolute Gasteiger partial charge is 0.275 e. The second kappa shape index (κ2) is 7.06. The molecule has 1 aromatic carbocycles. The molecule has 0 saturated carbocycles. The van der Waals surface area contributed by atoms with Crippen LogP contribution in [0.25, 0.3) is 5.69 Å². The van der Waals surface area contributed by atoms with Gasteiger partial charge in [0.05, 0.1) is 18.5 Å². The third-order valence-corrected chi connectivity index (χ3v) is 2.96. The van der Waals surface area contributed by atoms with Gasteiger partial charge in [-0.1, -0.05) is 13.8 Å². The summed E-state index contributed by atoms with van der Waals surface area (Å²) in [5.41, 5.74) is 0.886. The van der Waals surface area contributed by atoms with Crippen LogP contribution in [0.4, 0.5) is 4.39 Å². The van der Waals surface area contributed by atoms with E-state index >= 15 is 0 Å². The zero-order valence-corrected chi connectivity index (χ0v) is 13.0. The van der Waals surface area contributed by atoms with Crippen LogP contribution in [0.2, 0.25) is 0 Å². The predicted molar refractivity (Wildman–Crippen MR) is 81.9 cm³/mol. The van der Waals surface area contributed by atoms with E-state index in [0.717, 1.165) is 0 Å². The maximum Gasteiger partial charge on any atom is 0.275 e. The number of nitrogens with one attached hydrogen (secondary N) is 1. The summed E-state index contributed by atoms with van der Waals surface area (Å²) in [6.07, 6.45) is 1.63. The van der Waals surface area contributed by atoms with Crippen molar-refractivity contribution in [3.05, 3.63) is 42.0 Å². The molecule has 1 N–H and O–H groups in total. The Morgan fingerprint density at radius 2 is 2.05 bits per heavy atom. The van der Waals surface area contributed by atoms with Crippen LogP contribution in [0, 0.1) is 11.7 Å². The fourth-order valence-electron chi connectivity index (χ4n) is 1.88. The van der Waals surface area contributed by atoms with E-state index in [0.29, 0.717) is 30.5 Å². The van der Waals surface area contributed by atoms with Crippen LogP contribution >= 0.6 is 0 Å². The lowest BCUT2D eigenvalue weighted by molar-refractivity contribution is 0.0940. The van der Waals surface area contributed by atoms with E-state index in [4.69, 9.17) is 4.74 Å². The molecule has 0 aliphatic carbocycles. The highest BCUT2D eigenvalue weighted by atomic mass is 19.1. The van der Waals surface area contributed by atoms with Gasteiger partial charge in [-0.25, -0.2) is 9.07 Å². The first-order chi connectivity index (χ1) is 10.5. The number of amides is 1. The Kier molecular flexibility index (Phi) is 5.14. The summed E-state index contributed by atoms with van der Waals surface area (Å²) < 4.78 is 20.0. The minimum absolute atomic E-state index is 0.229. The maximum atomic E-state index is 13.0. The average Bonchev–Trinajstić information content (AvgIpc) is 2.90. The molecule has 0 aliphatic heterocycles. The van der Waals surface area contributed by atoms with Crippen molar-refractivity contribution in [2.45, 2.75) is 20.8 Å². The fourth-order valence-corrected chi connectivity index (χ4v) is 1.88. The average molecular weight is 305 g/mol. The van der Waals surface area contributed by atoms with Gasteiger partial charge < -0.3 is 10.1 Å². The number of carbonyl (C=O) groups excluding carboxylic acids is 1. The molecular weight excluding hydrogens is 285 g/mol. The van der Waals surface area contributed by atoms with Crippen molar-refractivity contribution in [3.63, 3.8) is 0 Å². The number of ether oxygens (including phenoxy) is 1. The Morgan fingerprint density at radius 1 is 1.36 bits per heavy atom. The summed E-state index contributed by atoms with van der Waals surface area (Å²) in [4.78, 5) is 12.2. The second-order valence-corrected chi connectivity index (χ2v) is 5.30. The highest BCUT2D eigenvalue weighted by Crippen LogP contribution is 2.20. The zero-order valence-electron chi connectivity index (χ0n) is 13.0. The van der Waals surface area contributed by atoms with Gasteiger partial charge in [0.1, 0.15) is 5.82 Å². The van der Waals surface area contributed by atoms with Gasteiger partial charge in [0.2, 0.25) is 0 Å². The van der Waals surface area contributed by atoms with Gasteiger partial charge in [-0.15, -0.1) is 0 Å². The van der Waals surface area contributed by atoms with Crippen molar-refractivity contribution in [1.29, 1.82) is 0 Å². The van der Waals surface area contributed by atoms with Crippen LogP contribution in [0.15, 0.2) is 30.5 Å². The fraction of sp³-hybridized carbons (Fsp3) is 0.375. The Bertz CT molecular complexity index is 635. The van der Waals surface area contributed by atoms with Crippen molar-refractivity contribution < 1.29 is 13.9 Å². The van der Waals surface area contributed by atoms with E-state index in [1.165, 1.54) is 16.8 Å². The van der Waals surface area contributed by atoms with E-state index in [-0.39, 0.29) is 17.4 Å². The van der Waals surface area contributed by atoms with Crippen LogP contribution < -0.4 is 10.1 Å². The summed E-state index contributed by atoms with van der Waals surface area (Å²) in [7, 11) is 0. The molecule has 1 amide bonds. The summed E-state index contributed by atoms with van der Waals surface area (Å²) >= 11 is 0. The van der Waals surface area contributed by atoms with Gasteiger partial charge in [0.15, 0.2) is 11.4 Å². The summed E-state index contributed by atoms with van der Waals surface area (Å²) in [6, 6.07) is 5.87. The Balaban J connectivity index is 2.28. The van der Waals surface area contributed by atoms with E-state index in [1.807, 2.05) is 20.8 Å². The minimum atomic E-state index is -0.323. The molecule has 0 atom stereocenters. The highest BCUT2D eigenvalue weighted by molar-refractivity contribution is 5.94. The normalized spacial score (nSPS) is 10.8. The van der Waals surface area contributed by atoms with Gasteiger partial charge in [-0.2, -0.15) is 5.10 Å². The molecule has 0 aliphatic rings. The number of carbonyl (C=O) groups is 1. The summed E-state index contributed by atoms with van der Waals surface area (Å²) in [5, 5.41) is 7.08. The lowest BCUT2D eigenvalue weighted by Gasteiger charge is -2.07. The maximum absolute atomic E-state index is 13.0. The van der Waals surface area contributed by atoms with Crippen molar-refractivity contribution >= 4 is 5.91 Å². The Labute approximate surface area is 129 Å². The predicted octanol–water partition coefficient (Wildman–Crippen LogP) is 2.80. The first-order valence-electron chi connectivity index (χ1n) is 7.27. The van der Waals surface area contributed by atoms with Crippen LogP contribution in [0.5, 0.6) is 5.75 Å². The van der Waals surface area contributed by atoms with Gasteiger partial charge in [-0.3, -0.25) is 4.79 Å². The second-order valence-electron chi connectivity index (χ2n) is 5.30. The Morgan fingerprint density at radius 3 is 2.64 bits per heavy atom. The molecule has 1 heterocycles. The van der Waals surface area contributed by atoms with E-state index in [1.54, 1.807) is 18.3 Å².